The Morgan fingerprint density at radius 3 is 2.72 bits per heavy atom. The Balaban J connectivity index is 1.76. The van der Waals surface area contributed by atoms with Gasteiger partial charge in [-0.3, -0.25) is 9.59 Å². The van der Waals surface area contributed by atoms with Crippen molar-refractivity contribution in [2.45, 2.75) is 52.4 Å². The van der Waals surface area contributed by atoms with Gasteiger partial charge in [0.15, 0.2) is 5.60 Å². The largest absolute Gasteiger partial charge is 0.458 e. The Morgan fingerprint density at radius 2 is 2.03 bits per heavy atom. The third kappa shape index (κ3) is 2.72. The molecule has 2 aromatic heterocycles. The van der Waals surface area contributed by atoms with Gasteiger partial charge in [-0.05, 0) is 42.7 Å². The van der Waals surface area contributed by atoms with E-state index in [1.165, 1.54) is 6.92 Å². The molecule has 0 bridgehead atoms. The summed E-state index contributed by atoms with van der Waals surface area (Å²) in [7, 11) is 0. The molecule has 0 saturated heterocycles. The maximum atomic E-state index is 13.3. The first-order valence-corrected chi connectivity index (χ1v) is 10.6. The second-order valence-electron chi connectivity index (χ2n) is 8.15. The normalized spacial score (nSPS) is 18.7. The molecule has 0 radical (unpaired) electrons. The second-order valence-corrected chi connectivity index (χ2v) is 8.15. The molecule has 1 aromatic carbocycles. The number of fused-ring (bicyclic) bond motifs is 5. The first-order valence-electron chi connectivity index (χ1n) is 10.6. The average Bonchev–Trinajstić information content (AvgIpc) is 3.13. The van der Waals surface area contributed by atoms with E-state index in [1.807, 2.05) is 6.92 Å². The molecule has 0 amide bonds. The van der Waals surface area contributed by atoms with Gasteiger partial charge in [-0.2, -0.15) is 0 Å². The zero-order chi connectivity index (χ0) is 22.8. The number of aryl methyl sites for hydroxylation is 1. The van der Waals surface area contributed by atoms with Crippen LogP contribution in [0.4, 0.5) is 0 Å². The Morgan fingerprint density at radius 1 is 1.25 bits per heavy atom. The molecule has 4 heterocycles. The molecule has 2 aliphatic rings. The summed E-state index contributed by atoms with van der Waals surface area (Å²) in [6, 6.07) is 6.97. The van der Waals surface area contributed by atoms with Gasteiger partial charge in [0, 0.05) is 23.4 Å². The minimum Gasteiger partial charge on any atom is -0.458 e. The number of benzene rings is 1. The summed E-state index contributed by atoms with van der Waals surface area (Å²) in [6.45, 7) is 5.22. The number of esters is 2. The summed E-state index contributed by atoms with van der Waals surface area (Å²) in [5.41, 5.74) is 2.31. The van der Waals surface area contributed by atoms with E-state index >= 15 is 0 Å². The first-order chi connectivity index (χ1) is 15.3. The van der Waals surface area contributed by atoms with Crippen LogP contribution in [0.2, 0.25) is 0 Å². The molecule has 5 rings (SSSR count). The quantitative estimate of drug-likeness (QED) is 0.390. The number of rotatable bonds is 3. The van der Waals surface area contributed by atoms with E-state index in [1.54, 1.807) is 35.8 Å². The van der Waals surface area contributed by atoms with Gasteiger partial charge in [-0.15, -0.1) is 0 Å². The summed E-state index contributed by atoms with van der Waals surface area (Å²) in [5, 5.41) is 11.9. The smallest absolute Gasteiger partial charge is 0.343 e. The maximum absolute atomic E-state index is 13.3. The second kappa shape index (κ2) is 7.00. The number of hydrogen-bond donors (Lipinski definition) is 1. The van der Waals surface area contributed by atoms with Crippen LogP contribution in [0.1, 0.15) is 49.4 Å². The monoisotopic (exact) mass is 434 g/mol. The minimum absolute atomic E-state index is 0.0961. The molecule has 3 aromatic rings. The predicted octanol–water partition coefficient (Wildman–Crippen LogP) is 2.57. The van der Waals surface area contributed by atoms with Crippen molar-refractivity contribution in [1.29, 1.82) is 0 Å². The van der Waals surface area contributed by atoms with Crippen molar-refractivity contribution >= 4 is 22.8 Å². The fraction of sp³-hybridized carbons (Fsp3) is 0.333. The number of ether oxygens (including phenoxy) is 2. The van der Waals surface area contributed by atoms with Crippen LogP contribution in [0.25, 0.3) is 22.3 Å². The van der Waals surface area contributed by atoms with Crippen LogP contribution in [0.15, 0.2) is 29.1 Å². The highest BCUT2D eigenvalue weighted by atomic mass is 16.6. The van der Waals surface area contributed by atoms with Crippen LogP contribution in [0, 0.1) is 0 Å². The number of nitrogens with zero attached hydrogens (tertiary/aromatic N) is 2. The van der Waals surface area contributed by atoms with Crippen LogP contribution in [0.3, 0.4) is 0 Å². The van der Waals surface area contributed by atoms with Crippen molar-refractivity contribution < 1.29 is 24.2 Å². The molecule has 2 aliphatic heterocycles. The molecule has 0 unspecified atom stereocenters. The van der Waals surface area contributed by atoms with Crippen LogP contribution in [0.5, 0.6) is 5.75 Å². The van der Waals surface area contributed by atoms with Crippen LogP contribution in [-0.4, -0.2) is 26.6 Å². The maximum Gasteiger partial charge on any atom is 0.343 e. The van der Waals surface area contributed by atoms with Crippen molar-refractivity contribution in [2.75, 3.05) is 0 Å². The molecular weight excluding hydrogens is 412 g/mol. The molecule has 1 atom stereocenters. The van der Waals surface area contributed by atoms with E-state index in [-0.39, 0.29) is 18.6 Å². The topological polar surface area (TPSA) is 108 Å². The van der Waals surface area contributed by atoms with Crippen LogP contribution >= 0.6 is 0 Å². The number of aliphatic hydroxyl groups is 1. The van der Waals surface area contributed by atoms with Crippen LogP contribution < -0.4 is 10.3 Å². The van der Waals surface area contributed by atoms with E-state index in [0.29, 0.717) is 46.7 Å². The predicted molar refractivity (Wildman–Crippen MR) is 115 cm³/mol. The number of cyclic esters (lactones) is 1. The third-order valence-electron chi connectivity index (χ3n) is 6.39. The lowest BCUT2D eigenvalue weighted by Gasteiger charge is -2.31. The van der Waals surface area contributed by atoms with Gasteiger partial charge in [-0.25, -0.2) is 9.78 Å². The molecule has 32 heavy (non-hydrogen) atoms. The number of carbonyl (C=O) groups excluding carboxylic acids is 2. The average molecular weight is 434 g/mol. The number of hydrogen-bond acceptors (Lipinski definition) is 7. The standard InChI is InChI=1S/C24H22N2O6/c1-4-14-15-8-13(32-12(3)27)6-7-19(15)25-21-16(14)10-26-20(21)9-18-17(22(26)28)11-31-23(29)24(18,30)5-2/h6-9,30H,4-5,10-11H2,1-3H3/t24-/m1/s1. The van der Waals surface area contributed by atoms with Crippen LogP contribution in [-0.2, 0) is 39.5 Å². The lowest BCUT2D eigenvalue weighted by atomic mass is 9.86. The molecule has 8 heteroatoms. The summed E-state index contributed by atoms with van der Waals surface area (Å²) >= 11 is 0. The van der Waals surface area contributed by atoms with Gasteiger partial charge < -0.3 is 19.1 Å². The van der Waals surface area contributed by atoms with Crippen molar-refractivity contribution in [1.82, 2.24) is 9.55 Å². The fourth-order valence-corrected chi connectivity index (χ4v) is 4.77. The Labute approximate surface area is 183 Å². The highest BCUT2D eigenvalue weighted by molar-refractivity contribution is 5.90. The van der Waals surface area contributed by atoms with E-state index in [0.717, 1.165) is 16.5 Å². The summed E-state index contributed by atoms with van der Waals surface area (Å²) in [6.07, 6.45) is 0.784. The van der Waals surface area contributed by atoms with E-state index in [4.69, 9.17) is 14.5 Å². The molecule has 0 aliphatic carbocycles. The van der Waals surface area contributed by atoms with Crippen molar-refractivity contribution in [3.63, 3.8) is 0 Å². The zero-order valence-corrected chi connectivity index (χ0v) is 18.0. The summed E-state index contributed by atoms with van der Waals surface area (Å²) in [5.74, 6) is -0.705. The van der Waals surface area contributed by atoms with Crippen molar-refractivity contribution in [3.8, 4) is 17.1 Å². The van der Waals surface area contributed by atoms with Gasteiger partial charge in [0.25, 0.3) is 5.56 Å². The van der Waals surface area contributed by atoms with E-state index in [2.05, 4.69) is 0 Å². The molecule has 164 valence electrons. The SMILES string of the molecule is CCc1c2c(nc3ccc(OC(C)=O)cc13)-c1cc3c(c(=O)n1C2)COC(=O)[C@@]3(O)CC. The third-order valence-corrected chi connectivity index (χ3v) is 6.39. The number of carbonyl (C=O) groups is 2. The highest BCUT2D eigenvalue weighted by Gasteiger charge is 2.45. The molecule has 0 spiro atoms. The van der Waals surface area contributed by atoms with E-state index in [9.17, 15) is 19.5 Å². The van der Waals surface area contributed by atoms with Gasteiger partial charge in [0.2, 0.25) is 0 Å². The van der Waals surface area contributed by atoms with Crippen molar-refractivity contribution in [2.24, 2.45) is 0 Å². The number of aromatic nitrogens is 2. The lowest BCUT2D eigenvalue weighted by Crippen LogP contribution is -2.44. The zero-order valence-electron chi connectivity index (χ0n) is 18.0. The van der Waals surface area contributed by atoms with Gasteiger partial charge in [0.1, 0.15) is 12.4 Å². The first kappa shape index (κ1) is 20.4. The fourth-order valence-electron chi connectivity index (χ4n) is 4.77. The highest BCUT2D eigenvalue weighted by Crippen LogP contribution is 2.40. The number of pyridine rings is 2. The minimum atomic E-state index is -1.85. The lowest BCUT2D eigenvalue weighted by molar-refractivity contribution is -0.172. The van der Waals surface area contributed by atoms with Crippen molar-refractivity contribution in [3.05, 3.63) is 56.9 Å². The molecule has 0 saturated carbocycles. The van der Waals surface area contributed by atoms with Gasteiger partial charge in [-0.1, -0.05) is 13.8 Å². The van der Waals surface area contributed by atoms with E-state index < -0.39 is 17.5 Å². The van der Waals surface area contributed by atoms with Gasteiger partial charge >= 0.3 is 11.9 Å². The Hall–Kier alpha value is -3.52. The molecule has 1 N–H and O–H groups in total. The molecular formula is C24H22N2O6. The van der Waals surface area contributed by atoms with Gasteiger partial charge in [0.05, 0.1) is 29.0 Å². The molecule has 8 nitrogen and oxygen atoms in total. The summed E-state index contributed by atoms with van der Waals surface area (Å²) in [4.78, 5) is 41.8. The summed E-state index contributed by atoms with van der Waals surface area (Å²) < 4.78 is 12.0. The molecule has 0 fully saturated rings. The Bertz CT molecular complexity index is 1390. The Kier molecular flexibility index (Phi) is 4.46.